The highest BCUT2D eigenvalue weighted by Crippen LogP contribution is 2.43. The van der Waals surface area contributed by atoms with Gasteiger partial charge in [-0.25, -0.2) is 0 Å². The minimum absolute atomic E-state index is 0.235. The molecule has 4 nitrogen and oxygen atoms in total. The standard InChI is InChI=1S/C24H28O4/c25-22(27-18-20-10-4-1-5-11-20)16-24(14-8-3-9-15-24)17-23(26)28-19-21-12-6-2-7-13-21/h1-2,4-7,10-13H,3,8-9,14-19H2. The Morgan fingerprint density at radius 1 is 0.679 bits per heavy atom. The first-order valence-electron chi connectivity index (χ1n) is 10.0. The van der Waals surface area contributed by atoms with Crippen LogP contribution in [-0.2, 0) is 32.3 Å². The van der Waals surface area contributed by atoms with Gasteiger partial charge in [0.25, 0.3) is 0 Å². The molecule has 1 aliphatic carbocycles. The Morgan fingerprint density at radius 2 is 1.11 bits per heavy atom. The fourth-order valence-electron chi connectivity index (χ4n) is 3.91. The predicted octanol–water partition coefficient (Wildman–Crippen LogP) is 5.20. The van der Waals surface area contributed by atoms with E-state index in [1.54, 1.807) is 0 Å². The number of carbonyl (C=O) groups excluding carboxylic acids is 2. The second kappa shape index (κ2) is 10.1. The quantitative estimate of drug-likeness (QED) is 0.590. The van der Waals surface area contributed by atoms with E-state index in [4.69, 9.17) is 9.47 Å². The third kappa shape index (κ3) is 6.22. The Bertz CT molecular complexity index is 689. The molecule has 0 aliphatic heterocycles. The number of hydrogen-bond acceptors (Lipinski definition) is 4. The zero-order valence-corrected chi connectivity index (χ0v) is 16.3. The SMILES string of the molecule is O=C(CC1(CC(=O)OCc2ccccc2)CCCCC1)OCc1ccccc1. The lowest BCUT2D eigenvalue weighted by Crippen LogP contribution is -2.31. The van der Waals surface area contributed by atoms with Crippen LogP contribution in [-0.4, -0.2) is 11.9 Å². The van der Waals surface area contributed by atoms with Gasteiger partial charge in [0.15, 0.2) is 0 Å². The van der Waals surface area contributed by atoms with Crippen LogP contribution in [0.15, 0.2) is 60.7 Å². The zero-order chi connectivity index (χ0) is 19.7. The lowest BCUT2D eigenvalue weighted by Gasteiger charge is -2.35. The average Bonchev–Trinajstić information content (AvgIpc) is 2.73. The molecule has 0 atom stereocenters. The highest BCUT2D eigenvalue weighted by Gasteiger charge is 2.37. The maximum atomic E-state index is 12.5. The van der Waals surface area contributed by atoms with Crippen molar-refractivity contribution < 1.29 is 19.1 Å². The van der Waals surface area contributed by atoms with Crippen molar-refractivity contribution in [3.63, 3.8) is 0 Å². The van der Waals surface area contributed by atoms with Crippen molar-refractivity contribution in [2.24, 2.45) is 5.41 Å². The summed E-state index contributed by atoms with van der Waals surface area (Å²) in [6, 6.07) is 19.3. The summed E-state index contributed by atoms with van der Waals surface area (Å²) in [7, 11) is 0. The zero-order valence-electron chi connectivity index (χ0n) is 16.3. The molecule has 28 heavy (non-hydrogen) atoms. The summed E-state index contributed by atoms with van der Waals surface area (Å²) in [6.07, 6.45) is 5.53. The van der Waals surface area contributed by atoms with E-state index >= 15 is 0 Å². The van der Waals surface area contributed by atoms with Crippen molar-refractivity contribution in [1.29, 1.82) is 0 Å². The molecule has 148 valence electrons. The molecule has 0 N–H and O–H groups in total. The second-order valence-corrected chi connectivity index (χ2v) is 7.71. The monoisotopic (exact) mass is 380 g/mol. The lowest BCUT2D eigenvalue weighted by atomic mass is 9.69. The van der Waals surface area contributed by atoms with Crippen LogP contribution in [0, 0.1) is 5.41 Å². The van der Waals surface area contributed by atoms with Gasteiger partial charge in [-0.15, -0.1) is 0 Å². The van der Waals surface area contributed by atoms with Crippen molar-refractivity contribution in [3.8, 4) is 0 Å². The van der Waals surface area contributed by atoms with Crippen LogP contribution in [0.2, 0.25) is 0 Å². The van der Waals surface area contributed by atoms with Crippen molar-refractivity contribution in [2.75, 3.05) is 0 Å². The van der Waals surface area contributed by atoms with E-state index in [0.717, 1.165) is 43.2 Å². The Kier molecular flexibility index (Phi) is 7.24. The third-order valence-corrected chi connectivity index (χ3v) is 5.44. The highest BCUT2D eigenvalue weighted by atomic mass is 16.5. The molecule has 0 spiro atoms. The molecule has 2 aromatic carbocycles. The van der Waals surface area contributed by atoms with Crippen LogP contribution in [0.25, 0.3) is 0 Å². The molecule has 0 unspecified atom stereocenters. The molecule has 1 saturated carbocycles. The molecular weight excluding hydrogens is 352 g/mol. The van der Waals surface area contributed by atoms with E-state index in [0.29, 0.717) is 0 Å². The molecule has 2 aromatic rings. The largest absolute Gasteiger partial charge is 0.461 e. The molecule has 3 rings (SSSR count). The van der Waals surface area contributed by atoms with Gasteiger partial charge in [0.2, 0.25) is 0 Å². The summed E-state index contributed by atoms with van der Waals surface area (Å²) in [5.41, 5.74) is 1.60. The predicted molar refractivity (Wildman–Crippen MR) is 107 cm³/mol. The maximum absolute atomic E-state index is 12.5. The van der Waals surface area contributed by atoms with Crippen molar-refractivity contribution in [1.82, 2.24) is 0 Å². The summed E-state index contributed by atoms with van der Waals surface area (Å²) in [4.78, 5) is 25.0. The first-order valence-corrected chi connectivity index (χ1v) is 10.0. The minimum atomic E-state index is -0.334. The van der Waals surface area contributed by atoms with Crippen LogP contribution in [0.5, 0.6) is 0 Å². The molecule has 0 amide bonds. The normalized spacial score (nSPS) is 15.6. The van der Waals surface area contributed by atoms with Crippen LogP contribution < -0.4 is 0 Å². The number of esters is 2. The molecule has 0 bridgehead atoms. The van der Waals surface area contributed by atoms with Crippen molar-refractivity contribution in [3.05, 3.63) is 71.8 Å². The van der Waals surface area contributed by atoms with Gasteiger partial charge in [0.1, 0.15) is 13.2 Å². The summed E-state index contributed by atoms with van der Waals surface area (Å²) < 4.78 is 11.0. The Morgan fingerprint density at radius 3 is 1.54 bits per heavy atom. The van der Waals surface area contributed by atoms with E-state index in [1.165, 1.54) is 0 Å². The number of ether oxygens (including phenoxy) is 2. The van der Waals surface area contributed by atoms with Gasteiger partial charge < -0.3 is 9.47 Å². The van der Waals surface area contributed by atoms with Gasteiger partial charge in [-0.3, -0.25) is 9.59 Å². The van der Waals surface area contributed by atoms with E-state index in [2.05, 4.69) is 0 Å². The van der Waals surface area contributed by atoms with Gasteiger partial charge in [-0.2, -0.15) is 0 Å². The van der Waals surface area contributed by atoms with Crippen LogP contribution >= 0.6 is 0 Å². The number of hydrogen-bond donors (Lipinski definition) is 0. The number of benzene rings is 2. The topological polar surface area (TPSA) is 52.6 Å². The molecular formula is C24H28O4. The first kappa shape index (κ1) is 20.1. The Hall–Kier alpha value is -2.62. The van der Waals surface area contributed by atoms with Gasteiger partial charge in [-0.05, 0) is 29.4 Å². The lowest BCUT2D eigenvalue weighted by molar-refractivity contribution is -0.153. The third-order valence-electron chi connectivity index (χ3n) is 5.44. The molecule has 0 saturated heterocycles. The highest BCUT2D eigenvalue weighted by molar-refractivity contribution is 5.74. The van der Waals surface area contributed by atoms with Crippen LogP contribution in [0.3, 0.4) is 0 Å². The average molecular weight is 380 g/mol. The van der Waals surface area contributed by atoms with E-state index in [-0.39, 0.29) is 43.4 Å². The Labute approximate surface area is 166 Å². The van der Waals surface area contributed by atoms with Gasteiger partial charge in [-0.1, -0.05) is 79.9 Å². The van der Waals surface area contributed by atoms with Crippen molar-refractivity contribution >= 4 is 11.9 Å². The van der Waals surface area contributed by atoms with E-state index < -0.39 is 0 Å². The minimum Gasteiger partial charge on any atom is -0.461 e. The molecule has 0 aromatic heterocycles. The molecule has 1 aliphatic rings. The Balaban J connectivity index is 1.53. The summed E-state index contributed by atoms with van der Waals surface area (Å²) in [6.45, 7) is 0.544. The smallest absolute Gasteiger partial charge is 0.306 e. The molecule has 0 heterocycles. The van der Waals surface area contributed by atoms with Gasteiger partial charge in [0, 0.05) is 0 Å². The molecule has 1 fully saturated rings. The van der Waals surface area contributed by atoms with E-state index in [9.17, 15) is 9.59 Å². The number of rotatable bonds is 8. The molecule has 4 heteroatoms. The fraction of sp³-hybridized carbons (Fsp3) is 0.417. The van der Waals surface area contributed by atoms with Crippen LogP contribution in [0.4, 0.5) is 0 Å². The number of carbonyl (C=O) groups is 2. The van der Waals surface area contributed by atoms with E-state index in [1.807, 2.05) is 60.7 Å². The fourth-order valence-corrected chi connectivity index (χ4v) is 3.91. The molecule has 0 radical (unpaired) electrons. The van der Waals surface area contributed by atoms with Gasteiger partial charge in [0.05, 0.1) is 12.8 Å². The summed E-state index contributed by atoms with van der Waals surface area (Å²) >= 11 is 0. The maximum Gasteiger partial charge on any atom is 0.306 e. The summed E-state index contributed by atoms with van der Waals surface area (Å²) in [5, 5.41) is 0. The summed E-state index contributed by atoms with van der Waals surface area (Å²) in [5.74, 6) is -0.469. The van der Waals surface area contributed by atoms with Crippen LogP contribution in [0.1, 0.15) is 56.1 Å². The second-order valence-electron chi connectivity index (χ2n) is 7.71. The van der Waals surface area contributed by atoms with Gasteiger partial charge >= 0.3 is 11.9 Å². The first-order chi connectivity index (χ1) is 13.7. The van der Waals surface area contributed by atoms with Crippen molar-refractivity contribution in [2.45, 2.75) is 58.2 Å².